The number of benzene rings is 4. The third-order valence-electron chi connectivity index (χ3n) is 6.64. The van der Waals surface area contributed by atoms with Crippen LogP contribution < -0.4 is 0 Å². The molecule has 0 fully saturated rings. The quantitative estimate of drug-likeness (QED) is 0.178. The van der Waals surface area contributed by atoms with Crippen LogP contribution in [0, 0.1) is 27.7 Å². The molecule has 1 aliphatic carbocycles. The molecule has 0 saturated heterocycles. The van der Waals surface area contributed by atoms with E-state index in [0.29, 0.717) is 33.6 Å². The highest BCUT2D eigenvalue weighted by molar-refractivity contribution is 7.94. The maximum Gasteiger partial charge on any atom is 0.123 e. The molecule has 8 nitrogen and oxygen atoms in total. The van der Waals surface area contributed by atoms with E-state index in [2.05, 4.69) is 14.6 Å². The average Bonchev–Trinajstić information content (AvgIpc) is 3.20. The summed E-state index contributed by atoms with van der Waals surface area (Å²) in [6.45, 7) is 7.26. The molecule has 0 aliphatic heterocycles. The van der Waals surface area contributed by atoms with E-state index in [-0.39, 0.29) is 15.5 Å². The summed E-state index contributed by atoms with van der Waals surface area (Å²) in [5, 5.41) is 13.3. The summed E-state index contributed by atoms with van der Waals surface area (Å²) in [5.74, 6) is 0. The molecule has 0 amide bonds. The molecule has 1 N–H and O–H groups in total. The van der Waals surface area contributed by atoms with E-state index in [1.165, 1.54) is 24.3 Å². The summed E-state index contributed by atoms with van der Waals surface area (Å²) in [6.07, 6.45) is 0. The Morgan fingerprint density at radius 2 is 0.974 bits per heavy atom. The van der Waals surface area contributed by atoms with Gasteiger partial charge in [-0.3, -0.25) is 0 Å². The number of aryl methyl sites for hydroxylation is 4. The van der Waals surface area contributed by atoms with Crippen LogP contribution in [0.2, 0.25) is 0 Å². The Balaban J connectivity index is 1.51. The van der Waals surface area contributed by atoms with Gasteiger partial charge in [-0.2, -0.15) is 0 Å². The zero-order valence-corrected chi connectivity index (χ0v) is 23.3. The van der Waals surface area contributed by atoms with Gasteiger partial charge in [-0.1, -0.05) is 75.9 Å². The van der Waals surface area contributed by atoms with Gasteiger partial charge in [0.05, 0.1) is 9.79 Å². The highest BCUT2D eigenvalue weighted by Gasteiger charge is 2.28. The third-order valence-corrected chi connectivity index (χ3v) is 9.22. The lowest BCUT2D eigenvalue weighted by atomic mass is 10.1. The van der Waals surface area contributed by atoms with E-state index in [0.717, 1.165) is 22.3 Å². The van der Waals surface area contributed by atoms with Crippen molar-refractivity contribution in [2.45, 2.75) is 37.5 Å². The Kier molecular flexibility index (Phi) is 6.48. The van der Waals surface area contributed by atoms with E-state index in [1.807, 2.05) is 26.0 Å². The molecular formula is C29H25N3O5S2-2. The molecule has 0 unspecified atom stereocenters. The Morgan fingerprint density at radius 3 is 1.36 bits per heavy atom. The Hall–Kier alpha value is -4.15. The molecule has 200 valence electrons. The minimum Gasteiger partial charge on any atom is -0.572 e. The van der Waals surface area contributed by atoms with Crippen molar-refractivity contribution in [2.75, 3.05) is 0 Å². The lowest BCUT2D eigenvalue weighted by Gasteiger charge is -2.25. The number of oxime groups is 1. The molecule has 0 aromatic heterocycles. The first kappa shape index (κ1) is 26.5. The molecule has 0 atom stereocenters. The molecule has 0 spiro atoms. The monoisotopic (exact) mass is 559 g/mol. The van der Waals surface area contributed by atoms with Crippen LogP contribution in [0.1, 0.15) is 33.4 Å². The summed E-state index contributed by atoms with van der Waals surface area (Å²) in [7, 11) is -8.18. The van der Waals surface area contributed by atoms with Gasteiger partial charge in [-0.15, -0.1) is 11.4 Å². The minimum absolute atomic E-state index is 0.0626. The molecule has 5 rings (SSSR count). The van der Waals surface area contributed by atoms with E-state index < -0.39 is 20.0 Å². The fourth-order valence-electron chi connectivity index (χ4n) is 4.48. The Bertz CT molecular complexity index is 1760. The second-order valence-electron chi connectivity index (χ2n) is 9.58. The molecule has 0 bridgehead atoms. The van der Waals surface area contributed by atoms with Crippen LogP contribution >= 0.6 is 0 Å². The van der Waals surface area contributed by atoms with E-state index in [1.54, 1.807) is 50.2 Å². The Morgan fingerprint density at radius 1 is 0.564 bits per heavy atom. The van der Waals surface area contributed by atoms with Gasteiger partial charge < -0.3 is 14.7 Å². The van der Waals surface area contributed by atoms with Gasteiger partial charge in [0, 0.05) is 11.1 Å². The summed E-state index contributed by atoms with van der Waals surface area (Å²) in [5.41, 5.74) is 5.87. The molecule has 4 aromatic rings. The topological polar surface area (TPSA) is 129 Å². The Labute approximate surface area is 228 Å². The van der Waals surface area contributed by atoms with Gasteiger partial charge in [0.15, 0.2) is 0 Å². The standard InChI is InChI=1S/C29H25N3O5S2/c1-17-5-7-19(3)27(13-17)31-38(34,35)21-9-11-23-24-12-10-22(16-26(24)29(30-33)25(23)15-21)39(36,37)32-28-14-18(2)6-8-20(28)4/h5-16,33H,1-4H3/q-2. The van der Waals surface area contributed by atoms with Crippen molar-refractivity contribution >= 4 is 37.1 Å². The smallest absolute Gasteiger partial charge is 0.123 e. The van der Waals surface area contributed by atoms with E-state index >= 15 is 0 Å². The van der Waals surface area contributed by atoms with Crippen molar-refractivity contribution in [3.8, 4) is 11.1 Å². The first-order valence-corrected chi connectivity index (χ1v) is 14.9. The fraction of sp³-hybridized carbons (Fsp3) is 0.138. The zero-order chi connectivity index (χ0) is 28.1. The summed E-state index contributed by atoms with van der Waals surface area (Å²) < 4.78 is 60.8. The maximum atomic E-state index is 13.2. The van der Waals surface area contributed by atoms with Gasteiger partial charge in [0.25, 0.3) is 0 Å². The number of fused-ring (bicyclic) bond motifs is 3. The van der Waals surface area contributed by atoms with Gasteiger partial charge in [0.2, 0.25) is 0 Å². The first-order chi connectivity index (χ1) is 18.4. The SMILES string of the molecule is Cc1ccc(C)c([N-]S(=O)(=O)c2ccc3c(c2)C(=NO)c2cc(S(=O)(=O)[N-]c4cc(C)ccc4C)ccc2-3)c1. The van der Waals surface area contributed by atoms with Gasteiger partial charge in [0.1, 0.15) is 25.8 Å². The van der Waals surface area contributed by atoms with Crippen LogP contribution in [0.4, 0.5) is 11.4 Å². The molecule has 0 heterocycles. The molecule has 10 heteroatoms. The lowest BCUT2D eigenvalue weighted by molar-refractivity contribution is 0.320. The molecule has 39 heavy (non-hydrogen) atoms. The number of sulfonamides is 2. The average molecular weight is 560 g/mol. The third kappa shape index (κ3) is 4.88. The first-order valence-electron chi connectivity index (χ1n) is 12.0. The predicted molar refractivity (Wildman–Crippen MR) is 152 cm³/mol. The number of hydrogen-bond donors (Lipinski definition) is 1. The highest BCUT2D eigenvalue weighted by Crippen LogP contribution is 2.42. The van der Waals surface area contributed by atoms with E-state index in [4.69, 9.17) is 0 Å². The van der Waals surface area contributed by atoms with Gasteiger partial charge in [-0.25, -0.2) is 16.8 Å². The van der Waals surface area contributed by atoms with Crippen LogP contribution in [0.25, 0.3) is 20.6 Å². The van der Waals surface area contributed by atoms with E-state index in [9.17, 15) is 22.0 Å². The van der Waals surface area contributed by atoms with Crippen molar-refractivity contribution in [3.05, 3.63) is 116 Å². The highest BCUT2D eigenvalue weighted by atomic mass is 32.2. The molecule has 0 saturated carbocycles. The second kappa shape index (κ2) is 9.55. The van der Waals surface area contributed by atoms with Crippen molar-refractivity contribution in [3.63, 3.8) is 0 Å². The fourth-order valence-corrected chi connectivity index (χ4v) is 6.62. The molecular weight excluding hydrogens is 534 g/mol. The molecule has 1 aliphatic rings. The second-order valence-corrected chi connectivity index (χ2v) is 12.8. The summed E-state index contributed by atoms with van der Waals surface area (Å²) >= 11 is 0. The van der Waals surface area contributed by atoms with Crippen molar-refractivity contribution < 1.29 is 22.0 Å². The maximum absolute atomic E-state index is 13.2. The number of hydrogen-bond acceptors (Lipinski definition) is 6. The number of nitrogens with zero attached hydrogens (tertiary/aromatic N) is 3. The van der Waals surface area contributed by atoms with Crippen molar-refractivity contribution in [1.29, 1.82) is 0 Å². The van der Waals surface area contributed by atoms with Crippen molar-refractivity contribution in [2.24, 2.45) is 5.16 Å². The number of rotatable bonds is 6. The van der Waals surface area contributed by atoms with Crippen LogP contribution in [0.3, 0.4) is 0 Å². The van der Waals surface area contributed by atoms with Crippen LogP contribution in [-0.2, 0) is 20.0 Å². The summed E-state index contributed by atoms with van der Waals surface area (Å²) in [6, 6.07) is 19.6. The zero-order valence-electron chi connectivity index (χ0n) is 21.7. The van der Waals surface area contributed by atoms with Crippen molar-refractivity contribution in [1.82, 2.24) is 0 Å². The lowest BCUT2D eigenvalue weighted by Crippen LogP contribution is -2.04. The van der Waals surface area contributed by atoms with Crippen LogP contribution in [-0.4, -0.2) is 27.8 Å². The van der Waals surface area contributed by atoms with Crippen LogP contribution in [0.5, 0.6) is 0 Å². The minimum atomic E-state index is -4.09. The van der Waals surface area contributed by atoms with Crippen LogP contribution in [0.15, 0.2) is 87.7 Å². The van der Waals surface area contributed by atoms with Gasteiger partial charge in [-0.05, 0) is 63.1 Å². The largest absolute Gasteiger partial charge is 0.572 e. The normalized spacial score (nSPS) is 12.6. The summed E-state index contributed by atoms with van der Waals surface area (Å²) in [4.78, 5) is -0.150. The predicted octanol–water partition coefficient (Wildman–Crippen LogP) is 6.92. The van der Waals surface area contributed by atoms with Gasteiger partial charge >= 0.3 is 0 Å². The molecule has 0 radical (unpaired) electrons. The molecule has 4 aromatic carbocycles.